The van der Waals surface area contributed by atoms with Gasteiger partial charge in [0.1, 0.15) is 0 Å². The molecule has 1 rings (SSSR count). The first-order valence-electron chi connectivity index (χ1n) is 5.98. The third-order valence-electron chi connectivity index (χ3n) is 2.60. The van der Waals surface area contributed by atoms with E-state index in [9.17, 15) is 9.59 Å². The number of amides is 2. The number of benzene rings is 1. The molecule has 0 fully saturated rings. The molecule has 0 saturated heterocycles. The predicted octanol–water partition coefficient (Wildman–Crippen LogP) is 0.583. The fraction of sp³-hybridized carbons (Fsp3) is 0.385. The van der Waals surface area contributed by atoms with E-state index in [-0.39, 0.29) is 11.8 Å². The van der Waals surface area contributed by atoms with E-state index in [0.29, 0.717) is 37.9 Å². The number of nitrogens with two attached hydrogens (primary N) is 2. The molecule has 0 aliphatic heterocycles. The zero-order valence-electron chi connectivity index (χ0n) is 10.3. The van der Waals surface area contributed by atoms with Crippen molar-refractivity contribution in [3.8, 4) is 0 Å². The Morgan fingerprint density at radius 3 is 2.56 bits per heavy atom. The summed E-state index contributed by atoms with van der Waals surface area (Å²) >= 11 is 0. The summed E-state index contributed by atoms with van der Waals surface area (Å²) in [6.45, 7) is 0.478. The van der Waals surface area contributed by atoms with Gasteiger partial charge in [-0.05, 0) is 24.5 Å². The van der Waals surface area contributed by atoms with Crippen molar-refractivity contribution in [2.45, 2.75) is 25.7 Å². The van der Waals surface area contributed by atoms with Gasteiger partial charge in [-0.2, -0.15) is 0 Å². The van der Waals surface area contributed by atoms with Gasteiger partial charge in [0.15, 0.2) is 0 Å². The van der Waals surface area contributed by atoms with Crippen molar-refractivity contribution >= 4 is 17.5 Å². The first-order valence-corrected chi connectivity index (χ1v) is 5.98. The van der Waals surface area contributed by atoms with Crippen molar-refractivity contribution in [1.29, 1.82) is 0 Å². The molecule has 0 atom stereocenters. The largest absolute Gasteiger partial charge is 0.399 e. The molecule has 0 saturated carbocycles. The Labute approximate surface area is 107 Å². The van der Waals surface area contributed by atoms with Crippen molar-refractivity contribution in [2.24, 2.45) is 5.73 Å². The lowest BCUT2D eigenvalue weighted by molar-refractivity contribution is -0.121. The number of hydrogen-bond acceptors (Lipinski definition) is 3. The third kappa shape index (κ3) is 5.34. The molecule has 0 aliphatic rings. The Hall–Kier alpha value is -2.04. The second-order valence-corrected chi connectivity index (χ2v) is 4.12. The number of carbonyl (C=O) groups excluding carboxylic acids is 2. The fourth-order valence-electron chi connectivity index (χ4n) is 1.59. The van der Waals surface area contributed by atoms with Gasteiger partial charge in [-0.1, -0.05) is 18.2 Å². The SMILES string of the molecule is NC(=O)CCCNC(=O)CCc1ccccc1N. The van der Waals surface area contributed by atoms with Crippen LogP contribution in [0.3, 0.4) is 0 Å². The van der Waals surface area contributed by atoms with Crippen LogP contribution in [-0.2, 0) is 16.0 Å². The van der Waals surface area contributed by atoms with Crippen molar-refractivity contribution < 1.29 is 9.59 Å². The average molecular weight is 249 g/mol. The smallest absolute Gasteiger partial charge is 0.220 e. The van der Waals surface area contributed by atoms with Crippen molar-refractivity contribution in [1.82, 2.24) is 5.32 Å². The molecule has 1 aromatic rings. The number of nitrogens with one attached hydrogen (secondary N) is 1. The van der Waals surface area contributed by atoms with Gasteiger partial charge in [-0.3, -0.25) is 9.59 Å². The summed E-state index contributed by atoms with van der Waals surface area (Å²) in [7, 11) is 0. The zero-order valence-corrected chi connectivity index (χ0v) is 10.3. The van der Waals surface area contributed by atoms with E-state index in [4.69, 9.17) is 11.5 Å². The van der Waals surface area contributed by atoms with Crippen LogP contribution in [-0.4, -0.2) is 18.4 Å². The van der Waals surface area contributed by atoms with E-state index in [2.05, 4.69) is 5.32 Å². The van der Waals surface area contributed by atoms with E-state index in [0.717, 1.165) is 5.56 Å². The van der Waals surface area contributed by atoms with Crippen molar-refractivity contribution in [2.75, 3.05) is 12.3 Å². The number of aryl methyl sites for hydroxylation is 1. The normalized spacial score (nSPS) is 10.0. The van der Waals surface area contributed by atoms with Crippen LogP contribution >= 0.6 is 0 Å². The first kappa shape index (κ1) is 14.0. The molecule has 0 aliphatic carbocycles. The van der Waals surface area contributed by atoms with Gasteiger partial charge in [0.25, 0.3) is 0 Å². The molecule has 0 unspecified atom stereocenters. The number of para-hydroxylation sites is 1. The third-order valence-corrected chi connectivity index (χ3v) is 2.60. The van der Waals surface area contributed by atoms with Crippen LogP contribution in [0.5, 0.6) is 0 Å². The lowest BCUT2D eigenvalue weighted by Gasteiger charge is -2.06. The van der Waals surface area contributed by atoms with Gasteiger partial charge in [0.2, 0.25) is 11.8 Å². The number of rotatable bonds is 7. The molecule has 0 radical (unpaired) electrons. The number of primary amides is 1. The molecule has 1 aromatic carbocycles. The minimum Gasteiger partial charge on any atom is -0.399 e. The van der Waals surface area contributed by atoms with Crippen LogP contribution in [0.25, 0.3) is 0 Å². The van der Waals surface area contributed by atoms with E-state index in [1.165, 1.54) is 0 Å². The maximum atomic E-state index is 11.5. The summed E-state index contributed by atoms with van der Waals surface area (Å²) in [4.78, 5) is 22.0. The summed E-state index contributed by atoms with van der Waals surface area (Å²) in [5, 5.41) is 2.74. The molecule has 5 nitrogen and oxygen atoms in total. The lowest BCUT2D eigenvalue weighted by Crippen LogP contribution is -2.25. The standard InChI is InChI=1S/C13H19N3O2/c14-11-5-2-1-4-10(11)7-8-13(18)16-9-3-6-12(15)17/h1-2,4-5H,3,6-9,14H2,(H2,15,17)(H,16,18). The van der Waals surface area contributed by atoms with Gasteiger partial charge in [0, 0.05) is 25.1 Å². The first-order chi connectivity index (χ1) is 8.59. The Morgan fingerprint density at radius 2 is 1.89 bits per heavy atom. The zero-order chi connectivity index (χ0) is 13.4. The van der Waals surface area contributed by atoms with Gasteiger partial charge < -0.3 is 16.8 Å². The summed E-state index contributed by atoms with van der Waals surface area (Å²) < 4.78 is 0. The molecule has 5 N–H and O–H groups in total. The number of hydrogen-bond donors (Lipinski definition) is 3. The van der Waals surface area contributed by atoms with E-state index in [1.807, 2.05) is 24.3 Å². The number of carbonyl (C=O) groups is 2. The second kappa shape index (κ2) is 7.32. The maximum Gasteiger partial charge on any atom is 0.220 e. The van der Waals surface area contributed by atoms with Crippen LogP contribution in [0.1, 0.15) is 24.8 Å². The van der Waals surface area contributed by atoms with E-state index >= 15 is 0 Å². The van der Waals surface area contributed by atoms with Crippen LogP contribution in [0.2, 0.25) is 0 Å². The average Bonchev–Trinajstić information content (AvgIpc) is 2.33. The van der Waals surface area contributed by atoms with Gasteiger partial charge in [-0.25, -0.2) is 0 Å². The molecular weight excluding hydrogens is 230 g/mol. The van der Waals surface area contributed by atoms with E-state index < -0.39 is 0 Å². The summed E-state index contributed by atoms with van der Waals surface area (Å²) in [5.41, 5.74) is 12.5. The Balaban J connectivity index is 2.21. The molecule has 2 amide bonds. The molecule has 0 spiro atoms. The Bertz CT molecular complexity index is 418. The minimum absolute atomic E-state index is 0.0391. The minimum atomic E-state index is -0.346. The summed E-state index contributed by atoms with van der Waals surface area (Å²) in [6.07, 6.45) is 1.89. The fourth-order valence-corrected chi connectivity index (χ4v) is 1.59. The quantitative estimate of drug-likeness (QED) is 0.487. The van der Waals surface area contributed by atoms with Crippen LogP contribution in [0, 0.1) is 0 Å². The summed E-state index contributed by atoms with van der Waals surface area (Å²) in [6, 6.07) is 7.50. The van der Waals surface area contributed by atoms with Gasteiger partial charge in [0.05, 0.1) is 0 Å². The number of nitrogen functional groups attached to an aromatic ring is 1. The summed E-state index contributed by atoms with van der Waals surface area (Å²) in [5.74, 6) is -0.385. The maximum absolute atomic E-state index is 11.5. The Kier molecular flexibility index (Phi) is 5.70. The second-order valence-electron chi connectivity index (χ2n) is 4.12. The van der Waals surface area contributed by atoms with Crippen LogP contribution in [0.15, 0.2) is 24.3 Å². The monoisotopic (exact) mass is 249 g/mol. The van der Waals surface area contributed by atoms with Gasteiger partial charge in [-0.15, -0.1) is 0 Å². The van der Waals surface area contributed by atoms with Crippen LogP contribution < -0.4 is 16.8 Å². The van der Waals surface area contributed by atoms with Crippen LogP contribution in [0.4, 0.5) is 5.69 Å². The highest BCUT2D eigenvalue weighted by atomic mass is 16.2. The lowest BCUT2D eigenvalue weighted by atomic mass is 10.1. The molecule has 0 aromatic heterocycles. The molecule has 98 valence electrons. The topological polar surface area (TPSA) is 98.2 Å². The highest BCUT2D eigenvalue weighted by molar-refractivity contribution is 5.76. The van der Waals surface area contributed by atoms with Gasteiger partial charge >= 0.3 is 0 Å². The van der Waals surface area contributed by atoms with Crippen molar-refractivity contribution in [3.05, 3.63) is 29.8 Å². The molecule has 0 bridgehead atoms. The molecule has 5 heteroatoms. The van der Waals surface area contributed by atoms with Crippen molar-refractivity contribution in [3.63, 3.8) is 0 Å². The highest BCUT2D eigenvalue weighted by Crippen LogP contribution is 2.12. The predicted molar refractivity (Wildman–Crippen MR) is 70.6 cm³/mol. The Morgan fingerprint density at radius 1 is 1.17 bits per heavy atom. The molecule has 18 heavy (non-hydrogen) atoms. The van der Waals surface area contributed by atoms with E-state index in [1.54, 1.807) is 0 Å². The molecule has 0 heterocycles. The molecular formula is C13H19N3O2. The highest BCUT2D eigenvalue weighted by Gasteiger charge is 2.04. The number of anilines is 1.